The molecule has 8 nitrogen and oxygen atoms in total. The van der Waals surface area contributed by atoms with E-state index >= 15 is 0 Å². The number of esters is 1. The molecule has 9 heteroatoms. The fraction of sp³-hybridized carbons (Fsp3) is 0.412. The van der Waals surface area contributed by atoms with E-state index in [4.69, 9.17) is 4.74 Å². The first-order chi connectivity index (χ1) is 12.3. The number of carbonyl (C=O) groups excluding carboxylic acids is 1. The molecule has 0 unspecified atom stereocenters. The summed E-state index contributed by atoms with van der Waals surface area (Å²) in [5.74, 6) is 0.0523. The van der Waals surface area contributed by atoms with Crippen LogP contribution in [0.4, 0.5) is 0 Å². The zero-order valence-corrected chi connectivity index (χ0v) is 15.4. The highest BCUT2D eigenvalue weighted by Gasteiger charge is 2.19. The number of ether oxygens (including phenoxy) is 1. The first-order valence-electron chi connectivity index (χ1n) is 8.33. The van der Waals surface area contributed by atoms with Crippen LogP contribution in [0.5, 0.6) is 0 Å². The van der Waals surface area contributed by atoms with Crippen LogP contribution in [0.2, 0.25) is 0 Å². The van der Waals surface area contributed by atoms with Gasteiger partial charge in [0.1, 0.15) is 6.10 Å². The van der Waals surface area contributed by atoms with E-state index in [1.165, 1.54) is 16.8 Å². The summed E-state index contributed by atoms with van der Waals surface area (Å²) in [7, 11) is -3.52. The molecule has 0 bridgehead atoms. The summed E-state index contributed by atoms with van der Waals surface area (Å²) in [5, 5.41) is 11.1. The molecule has 138 valence electrons. The van der Waals surface area contributed by atoms with Gasteiger partial charge in [0.25, 0.3) is 0 Å². The Morgan fingerprint density at radius 2 is 2.04 bits per heavy atom. The molecule has 0 saturated heterocycles. The Balaban J connectivity index is 1.86. The van der Waals surface area contributed by atoms with Crippen molar-refractivity contribution in [1.29, 1.82) is 0 Å². The SMILES string of the molecule is Cc1nnnn1-c1ccc(/C=C/C(=O)OC2CCCC2)cc1S(C)(=O)=O. The Morgan fingerprint density at radius 1 is 1.31 bits per heavy atom. The highest BCUT2D eigenvalue weighted by Crippen LogP contribution is 2.23. The van der Waals surface area contributed by atoms with Crippen molar-refractivity contribution in [2.24, 2.45) is 0 Å². The van der Waals surface area contributed by atoms with Gasteiger partial charge in [-0.1, -0.05) is 6.07 Å². The molecule has 3 rings (SSSR count). The quantitative estimate of drug-likeness (QED) is 0.579. The van der Waals surface area contributed by atoms with Gasteiger partial charge >= 0.3 is 5.97 Å². The summed E-state index contributed by atoms with van der Waals surface area (Å²) in [4.78, 5) is 12.0. The zero-order valence-electron chi connectivity index (χ0n) is 14.6. The van der Waals surface area contributed by atoms with Crippen LogP contribution >= 0.6 is 0 Å². The van der Waals surface area contributed by atoms with E-state index in [-0.39, 0.29) is 11.0 Å². The molecule has 1 fully saturated rings. The Bertz CT molecular complexity index is 943. The number of aryl methyl sites for hydroxylation is 1. The number of rotatable bonds is 5. The van der Waals surface area contributed by atoms with Gasteiger partial charge in [-0.15, -0.1) is 5.10 Å². The minimum atomic E-state index is -3.52. The summed E-state index contributed by atoms with van der Waals surface area (Å²) >= 11 is 0. The van der Waals surface area contributed by atoms with Crippen LogP contribution in [0, 0.1) is 6.92 Å². The maximum Gasteiger partial charge on any atom is 0.331 e. The fourth-order valence-electron chi connectivity index (χ4n) is 2.93. The van der Waals surface area contributed by atoms with Crippen LogP contribution in [0.15, 0.2) is 29.2 Å². The number of sulfone groups is 1. The predicted octanol–water partition coefficient (Wildman–Crippen LogP) is 1.87. The third-order valence-corrected chi connectivity index (χ3v) is 5.36. The topological polar surface area (TPSA) is 104 Å². The normalized spacial score (nSPS) is 15.6. The molecule has 1 heterocycles. The molecular weight excluding hydrogens is 356 g/mol. The molecule has 2 aromatic rings. The number of tetrazole rings is 1. The average Bonchev–Trinajstić information content (AvgIpc) is 3.23. The van der Waals surface area contributed by atoms with Gasteiger partial charge in [0, 0.05) is 12.3 Å². The minimum Gasteiger partial charge on any atom is -0.459 e. The summed E-state index contributed by atoms with van der Waals surface area (Å²) in [6.45, 7) is 1.68. The van der Waals surface area contributed by atoms with Crippen molar-refractivity contribution >= 4 is 21.9 Å². The number of aromatic nitrogens is 4. The Kier molecular flexibility index (Phi) is 5.17. The molecule has 0 spiro atoms. The third-order valence-electron chi connectivity index (χ3n) is 4.23. The van der Waals surface area contributed by atoms with Crippen molar-refractivity contribution in [3.8, 4) is 5.69 Å². The molecule has 0 atom stereocenters. The van der Waals surface area contributed by atoms with E-state index in [0.29, 0.717) is 17.1 Å². The maximum atomic E-state index is 12.2. The summed E-state index contributed by atoms with van der Waals surface area (Å²) in [6, 6.07) is 4.80. The second kappa shape index (κ2) is 7.36. The van der Waals surface area contributed by atoms with Gasteiger partial charge in [-0.05, 0) is 66.8 Å². The van der Waals surface area contributed by atoms with Crippen LogP contribution in [0.3, 0.4) is 0 Å². The van der Waals surface area contributed by atoms with E-state index in [2.05, 4.69) is 15.5 Å². The lowest BCUT2D eigenvalue weighted by Gasteiger charge is -2.10. The standard InChI is InChI=1S/C17H20N4O4S/c1-12-18-19-20-21(12)15-9-7-13(11-16(15)26(2,23)24)8-10-17(22)25-14-5-3-4-6-14/h7-11,14H,3-6H2,1-2H3/b10-8+. The first-order valence-corrected chi connectivity index (χ1v) is 10.2. The number of hydrogen-bond acceptors (Lipinski definition) is 7. The van der Waals surface area contributed by atoms with Crippen molar-refractivity contribution in [1.82, 2.24) is 20.2 Å². The highest BCUT2D eigenvalue weighted by atomic mass is 32.2. The molecule has 26 heavy (non-hydrogen) atoms. The summed E-state index contributed by atoms with van der Waals surface area (Å²) in [5.41, 5.74) is 0.934. The first kappa shape index (κ1) is 18.2. The fourth-order valence-corrected chi connectivity index (χ4v) is 3.82. The Labute approximate surface area is 151 Å². The second-order valence-electron chi connectivity index (χ2n) is 6.31. The van der Waals surface area contributed by atoms with E-state index in [1.54, 1.807) is 25.1 Å². The summed E-state index contributed by atoms with van der Waals surface area (Å²) < 4.78 is 31.1. The van der Waals surface area contributed by atoms with Crippen LogP contribution < -0.4 is 0 Å². The Morgan fingerprint density at radius 3 is 2.65 bits per heavy atom. The molecule has 1 aromatic heterocycles. The van der Waals surface area contributed by atoms with Gasteiger partial charge in [0.15, 0.2) is 15.7 Å². The predicted molar refractivity (Wildman–Crippen MR) is 94.4 cm³/mol. The largest absolute Gasteiger partial charge is 0.459 e. The van der Waals surface area contributed by atoms with E-state index in [1.807, 2.05) is 0 Å². The minimum absolute atomic E-state index is 0.0103. The second-order valence-corrected chi connectivity index (χ2v) is 8.30. The van der Waals surface area contributed by atoms with E-state index in [0.717, 1.165) is 31.9 Å². The molecule has 1 aliphatic rings. The lowest BCUT2D eigenvalue weighted by atomic mass is 10.2. The third kappa shape index (κ3) is 4.16. The molecule has 0 N–H and O–H groups in total. The summed E-state index contributed by atoms with van der Waals surface area (Å²) in [6.07, 6.45) is 7.94. The number of nitrogens with zero attached hydrogens (tertiary/aromatic N) is 4. The lowest BCUT2D eigenvalue weighted by molar-refractivity contribution is -0.142. The number of hydrogen-bond donors (Lipinski definition) is 0. The van der Waals surface area contributed by atoms with Crippen molar-refractivity contribution < 1.29 is 17.9 Å². The molecular formula is C17H20N4O4S. The van der Waals surface area contributed by atoms with Crippen LogP contribution in [-0.4, -0.2) is 47.0 Å². The molecule has 0 amide bonds. The van der Waals surface area contributed by atoms with Crippen molar-refractivity contribution in [2.45, 2.75) is 43.6 Å². The monoisotopic (exact) mass is 376 g/mol. The van der Waals surface area contributed by atoms with E-state index < -0.39 is 15.8 Å². The van der Waals surface area contributed by atoms with E-state index in [9.17, 15) is 13.2 Å². The molecule has 1 aliphatic carbocycles. The van der Waals surface area contributed by atoms with Crippen molar-refractivity contribution in [2.75, 3.05) is 6.26 Å². The maximum absolute atomic E-state index is 12.2. The average molecular weight is 376 g/mol. The molecule has 0 radical (unpaired) electrons. The van der Waals surface area contributed by atoms with Crippen molar-refractivity contribution in [3.05, 3.63) is 35.7 Å². The van der Waals surface area contributed by atoms with Crippen molar-refractivity contribution in [3.63, 3.8) is 0 Å². The van der Waals surface area contributed by atoms with Crippen LogP contribution in [0.25, 0.3) is 11.8 Å². The smallest absolute Gasteiger partial charge is 0.331 e. The zero-order chi connectivity index (χ0) is 18.7. The van der Waals surface area contributed by atoms with Crippen LogP contribution in [-0.2, 0) is 19.4 Å². The lowest BCUT2D eigenvalue weighted by Crippen LogP contribution is -2.12. The van der Waals surface area contributed by atoms with Gasteiger partial charge in [0.2, 0.25) is 0 Å². The Hall–Kier alpha value is -2.55. The number of carbonyl (C=O) groups is 1. The molecule has 1 aromatic carbocycles. The molecule has 0 aliphatic heterocycles. The van der Waals surface area contributed by atoms with Crippen LogP contribution in [0.1, 0.15) is 37.1 Å². The molecule has 1 saturated carbocycles. The highest BCUT2D eigenvalue weighted by molar-refractivity contribution is 7.90. The van der Waals surface area contributed by atoms with Gasteiger partial charge in [-0.3, -0.25) is 0 Å². The van der Waals surface area contributed by atoms with Gasteiger partial charge < -0.3 is 4.74 Å². The van der Waals surface area contributed by atoms with Gasteiger partial charge in [-0.2, -0.15) is 4.68 Å². The number of benzene rings is 1. The van der Waals surface area contributed by atoms with Gasteiger partial charge in [0.05, 0.1) is 10.6 Å². The van der Waals surface area contributed by atoms with Gasteiger partial charge in [-0.25, -0.2) is 13.2 Å².